The Hall–Kier alpha value is -0.0800. The molecule has 1 saturated heterocycles. The van der Waals surface area contributed by atoms with Crippen LogP contribution in [0.5, 0.6) is 0 Å². The molecule has 3 aliphatic rings. The first-order chi connectivity index (χ1) is 4.38. The fraction of sp³-hybridized carbons (Fsp3) is 0.833. The molecular formula is C6H9ClN2. The fourth-order valence-corrected chi connectivity index (χ4v) is 1.57. The van der Waals surface area contributed by atoms with Crippen molar-refractivity contribution in [3.63, 3.8) is 0 Å². The predicted molar refractivity (Wildman–Crippen MR) is 38.1 cm³/mol. The monoisotopic (exact) mass is 144 g/mol. The lowest BCUT2D eigenvalue weighted by Gasteiger charge is -2.36. The third kappa shape index (κ3) is 0.864. The summed E-state index contributed by atoms with van der Waals surface area (Å²) in [4.78, 5) is 4.27. The van der Waals surface area contributed by atoms with Crippen molar-refractivity contribution < 1.29 is 0 Å². The molecule has 1 fully saturated rings. The van der Waals surface area contributed by atoms with Crippen molar-refractivity contribution in [3.8, 4) is 0 Å². The van der Waals surface area contributed by atoms with Crippen molar-refractivity contribution in [2.45, 2.75) is 25.0 Å². The Morgan fingerprint density at radius 1 is 1.67 bits per heavy atom. The summed E-state index contributed by atoms with van der Waals surface area (Å²) < 4.78 is 0. The molecule has 50 valence electrons. The zero-order valence-electron chi connectivity index (χ0n) is 5.10. The normalized spacial score (nSPS) is 39.4. The van der Waals surface area contributed by atoms with Crippen LogP contribution in [0.2, 0.25) is 0 Å². The van der Waals surface area contributed by atoms with Crippen LogP contribution >= 0.6 is 11.6 Å². The maximum Gasteiger partial charge on any atom is 0.105 e. The Morgan fingerprint density at radius 2 is 2.44 bits per heavy atom. The summed E-state index contributed by atoms with van der Waals surface area (Å²) in [5.74, 6) is 0.718. The first kappa shape index (κ1) is 5.69. The molecule has 0 spiro atoms. The molecule has 3 heteroatoms. The maximum atomic E-state index is 5.65. The highest BCUT2D eigenvalue weighted by Crippen LogP contribution is 2.21. The standard InChI is InChI=1S/C6H9ClN2/c7-3-5-1-4-2-6(8-4)9-5/h5-6,9H,1-3H2/t5-,6?/m0/s1. The van der Waals surface area contributed by atoms with E-state index in [1.165, 1.54) is 5.71 Å². The zero-order valence-corrected chi connectivity index (χ0v) is 5.86. The molecule has 0 radical (unpaired) electrons. The summed E-state index contributed by atoms with van der Waals surface area (Å²) in [6.07, 6.45) is 2.64. The van der Waals surface area contributed by atoms with Gasteiger partial charge in [-0.05, 0) is 0 Å². The van der Waals surface area contributed by atoms with Crippen LogP contribution in [-0.4, -0.2) is 23.8 Å². The Labute approximate surface area is 59.3 Å². The van der Waals surface area contributed by atoms with Crippen LogP contribution in [0.1, 0.15) is 12.8 Å². The first-order valence-corrected chi connectivity index (χ1v) is 3.79. The van der Waals surface area contributed by atoms with E-state index >= 15 is 0 Å². The largest absolute Gasteiger partial charge is 0.291 e. The molecule has 0 aromatic carbocycles. The van der Waals surface area contributed by atoms with Crippen LogP contribution in [0.4, 0.5) is 0 Å². The number of nitrogens with one attached hydrogen (secondary N) is 1. The highest BCUT2D eigenvalue weighted by Gasteiger charge is 2.30. The van der Waals surface area contributed by atoms with Gasteiger partial charge < -0.3 is 0 Å². The van der Waals surface area contributed by atoms with E-state index in [2.05, 4.69) is 10.3 Å². The number of aliphatic imine (C=N–C) groups is 1. The van der Waals surface area contributed by atoms with E-state index in [1.54, 1.807) is 0 Å². The minimum atomic E-state index is 0.414. The minimum Gasteiger partial charge on any atom is -0.291 e. The molecule has 0 aliphatic carbocycles. The van der Waals surface area contributed by atoms with Gasteiger partial charge in [0.1, 0.15) is 6.17 Å². The predicted octanol–water partition coefficient (Wildman–Crippen LogP) is 0.758. The third-order valence-corrected chi connectivity index (χ3v) is 2.24. The van der Waals surface area contributed by atoms with Gasteiger partial charge >= 0.3 is 0 Å². The molecule has 2 nitrogen and oxygen atoms in total. The van der Waals surface area contributed by atoms with Crippen LogP contribution in [-0.2, 0) is 0 Å². The highest BCUT2D eigenvalue weighted by atomic mass is 35.5. The lowest BCUT2D eigenvalue weighted by Crippen LogP contribution is -2.52. The van der Waals surface area contributed by atoms with Crippen LogP contribution in [0.3, 0.4) is 0 Å². The van der Waals surface area contributed by atoms with Gasteiger partial charge in [0.05, 0.1) is 0 Å². The molecule has 0 saturated carbocycles. The lowest BCUT2D eigenvalue weighted by atomic mass is 9.96. The quantitative estimate of drug-likeness (QED) is 0.540. The van der Waals surface area contributed by atoms with Crippen molar-refractivity contribution >= 4 is 17.3 Å². The van der Waals surface area contributed by atoms with E-state index in [9.17, 15) is 0 Å². The van der Waals surface area contributed by atoms with Gasteiger partial charge in [-0.2, -0.15) is 0 Å². The molecule has 2 bridgehead atoms. The van der Waals surface area contributed by atoms with E-state index in [0.29, 0.717) is 12.2 Å². The molecule has 0 amide bonds. The summed E-state index contributed by atoms with van der Waals surface area (Å²) in [5.41, 5.74) is 1.35. The van der Waals surface area contributed by atoms with Gasteiger partial charge in [0.15, 0.2) is 0 Å². The van der Waals surface area contributed by atoms with Gasteiger partial charge in [0.2, 0.25) is 0 Å². The van der Waals surface area contributed by atoms with Crippen LogP contribution < -0.4 is 5.32 Å². The Morgan fingerprint density at radius 3 is 2.78 bits per heavy atom. The molecule has 3 heterocycles. The van der Waals surface area contributed by atoms with Crippen molar-refractivity contribution in [2.24, 2.45) is 4.99 Å². The summed E-state index contributed by atoms with van der Waals surface area (Å²) in [6, 6.07) is 0.498. The van der Waals surface area contributed by atoms with E-state index in [4.69, 9.17) is 11.6 Å². The summed E-state index contributed by atoms with van der Waals surface area (Å²) in [6.45, 7) is 0. The van der Waals surface area contributed by atoms with Gasteiger partial charge in [-0.3, -0.25) is 10.3 Å². The number of hydrogen-bond acceptors (Lipinski definition) is 2. The van der Waals surface area contributed by atoms with Gasteiger partial charge in [-0.15, -0.1) is 11.6 Å². The Bertz CT molecular complexity index is 155. The summed E-state index contributed by atoms with van der Waals surface area (Å²) in [7, 11) is 0. The molecule has 1 N–H and O–H groups in total. The molecule has 3 aliphatic heterocycles. The molecule has 9 heavy (non-hydrogen) atoms. The molecule has 3 rings (SSSR count). The number of piperidine rings is 1. The van der Waals surface area contributed by atoms with Gasteiger partial charge in [-0.1, -0.05) is 0 Å². The second kappa shape index (κ2) is 1.96. The summed E-state index contributed by atoms with van der Waals surface area (Å²) in [5, 5.41) is 3.31. The average Bonchev–Trinajstić information content (AvgIpc) is 1.87. The van der Waals surface area contributed by atoms with Crippen molar-refractivity contribution in [1.82, 2.24) is 5.32 Å². The Kier molecular flexibility index (Phi) is 1.24. The summed E-state index contributed by atoms with van der Waals surface area (Å²) >= 11 is 5.65. The Balaban J connectivity index is 2.01. The molecule has 2 atom stereocenters. The maximum absolute atomic E-state index is 5.65. The number of halogens is 1. The lowest BCUT2D eigenvalue weighted by molar-refractivity contribution is 0.401. The second-order valence-corrected chi connectivity index (χ2v) is 2.95. The van der Waals surface area contributed by atoms with Crippen molar-refractivity contribution in [1.29, 1.82) is 0 Å². The fourth-order valence-electron chi connectivity index (χ4n) is 1.38. The SMILES string of the molecule is ClC[C@@H]1CC2=NC(C2)N1. The number of nitrogens with zero attached hydrogens (tertiary/aromatic N) is 1. The topological polar surface area (TPSA) is 24.4 Å². The molecular weight excluding hydrogens is 136 g/mol. The van der Waals surface area contributed by atoms with Crippen LogP contribution in [0, 0.1) is 0 Å². The smallest absolute Gasteiger partial charge is 0.105 e. The van der Waals surface area contributed by atoms with E-state index in [0.717, 1.165) is 18.7 Å². The number of alkyl halides is 1. The first-order valence-electron chi connectivity index (χ1n) is 3.26. The third-order valence-electron chi connectivity index (χ3n) is 1.86. The van der Waals surface area contributed by atoms with Crippen molar-refractivity contribution in [3.05, 3.63) is 0 Å². The number of fused-ring (bicyclic) bond motifs is 2. The van der Waals surface area contributed by atoms with E-state index in [1.807, 2.05) is 0 Å². The van der Waals surface area contributed by atoms with E-state index < -0.39 is 0 Å². The number of rotatable bonds is 1. The van der Waals surface area contributed by atoms with Gasteiger partial charge in [0.25, 0.3) is 0 Å². The van der Waals surface area contributed by atoms with Crippen LogP contribution in [0.15, 0.2) is 4.99 Å². The minimum absolute atomic E-state index is 0.414. The van der Waals surface area contributed by atoms with E-state index in [-0.39, 0.29) is 0 Å². The number of hydrogen-bond donors (Lipinski definition) is 1. The van der Waals surface area contributed by atoms with Crippen LogP contribution in [0.25, 0.3) is 0 Å². The molecule has 0 aromatic rings. The molecule has 1 unspecified atom stereocenters. The van der Waals surface area contributed by atoms with Gasteiger partial charge in [0, 0.05) is 30.5 Å². The average molecular weight is 145 g/mol. The molecule has 0 aromatic heterocycles. The van der Waals surface area contributed by atoms with Crippen molar-refractivity contribution in [2.75, 3.05) is 5.88 Å². The highest BCUT2D eigenvalue weighted by molar-refractivity contribution is 6.18. The zero-order chi connectivity index (χ0) is 6.27. The van der Waals surface area contributed by atoms with Gasteiger partial charge in [-0.25, -0.2) is 0 Å². The second-order valence-electron chi connectivity index (χ2n) is 2.64.